The molecular formula is C20H19ClF2O4S. The monoisotopic (exact) mass is 428 g/mol. The Morgan fingerprint density at radius 2 is 1.79 bits per heavy atom. The lowest BCUT2D eigenvalue weighted by Gasteiger charge is -2.51. The van der Waals surface area contributed by atoms with E-state index < -0.39 is 44.2 Å². The zero-order valence-corrected chi connectivity index (χ0v) is 16.6. The summed E-state index contributed by atoms with van der Waals surface area (Å²) in [7, 11) is -4.17. The molecule has 1 aliphatic heterocycles. The molecule has 0 saturated heterocycles. The van der Waals surface area contributed by atoms with Crippen LogP contribution < -0.4 is 4.74 Å². The number of ether oxygens (including phenoxy) is 1. The second-order valence-corrected chi connectivity index (χ2v) is 10.1. The highest BCUT2D eigenvalue weighted by Gasteiger charge is 2.61. The van der Waals surface area contributed by atoms with E-state index in [4.69, 9.17) is 16.3 Å². The Hall–Kier alpha value is -1.70. The second-order valence-electron chi connectivity index (χ2n) is 7.46. The number of benzene rings is 2. The standard InChI is InChI=1S/C20H19ClF2O4S/c1-11-14-10-27-19-16(23)7-6-15(22)18(19)20(14,9-8-17(11)24)28(25,26)13-4-2-12(21)3-5-13/h2-7,11,14,17,24H,8-10H2,1H3/t11-,14-,17+,20-/m0/s1. The molecule has 1 heterocycles. The number of hydrogen-bond donors (Lipinski definition) is 1. The van der Waals surface area contributed by atoms with Gasteiger partial charge in [0.25, 0.3) is 0 Å². The zero-order chi connectivity index (χ0) is 20.3. The minimum absolute atomic E-state index is 0.0259. The van der Waals surface area contributed by atoms with Crippen LogP contribution in [0.1, 0.15) is 25.3 Å². The van der Waals surface area contributed by atoms with Crippen LogP contribution in [0, 0.1) is 23.5 Å². The molecule has 0 aromatic heterocycles. The van der Waals surface area contributed by atoms with Crippen LogP contribution in [-0.4, -0.2) is 26.2 Å². The third-order valence-electron chi connectivity index (χ3n) is 6.14. The largest absolute Gasteiger partial charge is 0.490 e. The number of aliphatic hydroxyl groups excluding tert-OH is 1. The molecule has 150 valence electrons. The van der Waals surface area contributed by atoms with Gasteiger partial charge in [0.15, 0.2) is 21.4 Å². The lowest BCUT2D eigenvalue weighted by atomic mass is 9.67. The molecule has 4 nitrogen and oxygen atoms in total. The van der Waals surface area contributed by atoms with Crippen LogP contribution in [0.3, 0.4) is 0 Å². The smallest absolute Gasteiger partial charge is 0.188 e. The fourth-order valence-corrected chi connectivity index (χ4v) is 7.20. The van der Waals surface area contributed by atoms with Crippen LogP contribution >= 0.6 is 11.6 Å². The Kier molecular flexibility index (Phi) is 4.68. The highest BCUT2D eigenvalue weighted by molar-refractivity contribution is 7.92. The number of sulfone groups is 1. The Morgan fingerprint density at radius 3 is 2.46 bits per heavy atom. The van der Waals surface area contributed by atoms with Gasteiger partial charge in [-0.2, -0.15) is 0 Å². The lowest BCUT2D eigenvalue weighted by molar-refractivity contribution is -0.0118. The second kappa shape index (κ2) is 6.68. The molecule has 1 aliphatic carbocycles. The molecule has 1 fully saturated rings. The molecule has 0 amide bonds. The zero-order valence-electron chi connectivity index (χ0n) is 15.0. The van der Waals surface area contributed by atoms with E-state index in [0.29, 0.717) is 5.02 Å². The third kappa shape index (κ3) is 2.60. The number of hydrogen-bond acceptors (Lipinski definition) is 4. The van der Waals surface area contributed by atoms with E-state index in [-0.39, 0.29) is 35.7 Å². The van der Waals surface area contributed by atoms with Gasteiger partial charge in [-0.1, -0.05) is 18.5 Å². The predicted octanol–water partition coefficient (Wildman–Crippen LogP) is 4.09. The van der Waals surface area contributed by atoms with Gasteiger partial charge in [-0.05, 0) is 55.2 Å². The summed E-state index contributed by atoms with van der Waals surface area (Å²) in [6.45, 7) is 1.59. The number of aliphatic hydroxyl groups is 1. The Balaban J connectivity index is 2.04. The summed E-state index contributed by atoms with van der Waals surface area (Å²) in [6, 6.07) is 7.48. The first-order chi connectivity index (χ1) is 13.2. The van der Waals surface area contributed by atoms with Crippen molar-refractivity contribution in [2.75, 3.05) is 6.61 Å². The highest BCUT2D eigenvalue weighted by atomic mass is 35.5. The quantitative estimate of drug-likeness (QED) is 0.782. The van der Waals surface area contributed by atoms with Crippen LogP contribution in [0.15, 0.2) is 41.3 Å². The summed E-state index contributed by atoms with van der Waals surface area (Å²) in [5.41, 5.74) is -0.280. The van der Waals surface area contributed by atoms with Gasteiger partial charge >= 0.3 is 0 Å². The van der Waals surface area contributed by atoms with Crippen LogP contribution in [-0.2, 0) is 14.6 Å². The maximum absolute atomic E-state index is 15.0. The molecule has 8 heteroatoms. The molecule has 28 heavy (non-hydrogen) atoms. The van der Waals surface area contributed by atoms with E-state index in [1.165, 1.54) is 24.3 Å². The molecule has 2 aromatic rings. The van der Waals surface area contributed by atoms with Crippen molar-refractivity contribution < 1.29 is 27.0 Å². The normalized spacial score (nSPS) is 29.5. The van der Waals surface area contributed by atoms with Crippen molar-refractivity contribution in [2.45, 2.75) is 35.5 Å². The number of halogens is 3. The van der Waals surface area contributed by atoms with Crippen molar-refractivity contribution >= 4 is 21.4 Å². The van der Waals surface area contributed by atoms with Gasteiger partial charge in [0.05, 0.1) is 23.2 Å². The Morgan fingerprint density at radius 1 is 1.14 bits per heavy atom. The first-order valence-electron chi connectivity index (χ1n) is 8.99. The minimum Gasteiger partial charge on any atom is -0.490 e. The number of rotatable bonds is 2. The molecule has 0 unspecified atom stereocenters. The van der Waals surface area contributed by atoms with E-state index >= 15 is 4.39 Å². The van der Waals surface area contributed by atoms with Gasteiger partial charge in [-0.25, -0.2) is 17.2 Å². The van der Waals surface area contributed by atoms with E-state index in [9.17, 15) is 17.9 Å². The molecule has 4 rings (SSSR count). The molecule has 1 saturated carbocycles. The van der Waals surface area contributed by atoms with Crippen LogP contribution in [0.25, 0.3) is 0 Å². The van der Waals surface area contributed by atoms with Crippen molar-refractivity contribution in [2.24, 2.45) is 11.8 Å². The van der Waals surface area contributed by atoms with Crippen molar-refractivity contribution in [3.8, 4) is 5.75 Å². The van der Waals surface area contributed by atoms with E-state index in [1.807, 2.05) is 0 Å². The summed E-state index contributed by atoms with van der Waals surface area (Å²) in [6.07, 6.45) is -0.634. The maximum Gasteiger partial charge on any atom is 0.188 e. The van der Waals surface area contributed by atoms with E-state index in [1.54, 1.807) is 6.92 Å². The topological polar surface area (TPSA) is 63.6 Å². The minimum atomic E-state index is -4.17. The molecule has 0 radical (unpaired) electrons. The van der Waals surface area contributed by atoms with E-state index in [2.05, 4.69) is 0 Å². The van der Waals surface area contributed by atoms with Crippen molar-refractivity contribution in [3.63, 3.8) is 0 Å². The van der Waals surface area contributed by atoms with Crippen LogP contribution in [0.2, 0.25) is 5.02 Å². The molecule has 2 aromatic carbocycles. The van der Waals surface area contributed by atoms with Gasteiger partial charge in [0.1, 0.15) is 10.6 Å². The number of fused-ring (bicyclic) bond motifs is 3. The average Bonchev–Trinajstić information content (AvgIpc) is 2.67. The van der Waals surface area contributed by atoms with Crippen molar-refractivity contribution in [3.05, 3.63) is 58.6 Å². The molecule has 0 spiro atoms. The summed E-state index contributed by atoms with van der Waals surface area (Å²) >= 11 is 5.90. The Bertz CT molecular complexity index is 1030. The summed E-state index contributed by atoms with van der Waals surface area (Å²) in [5, 5.41) is 10.7. The molecular weight excluding hydrogens is 410 g/mol. The van der Waals surface area contributed by atoms with Gasteiger partial charge in [0, 0.05) is 10.9 Å². The van der Waals surface area contributed by atoms with Crippen LogP contribution in [0.5, 0.6) is 5.75 Å². The average molecular weight is 429 g/mol. The SMILES string of the molecule is C[C@@H]1[C@H](O)CC[C@@]2(S(=O)(=O)c3ccc(Cl)cc3)c3c(F)ccc(F)c3OC[C@@H]12. The van der Waals surface area contributed by atoms with E-state index in [0.717, 1.165) is 12.1 Å². The third-order valence-corrected chi connectivity index (χ3v) is 8.96. The van der Waals surface area contributed by atoms with Crippen LogP contribution in [0.4, 0.5) is 8.78 Å². The molecule has 2 aliphatic rings. The molecule has 4 atom stereocenters. The lowest BCUT2D eigenvalue weighted by Crippen LogP contribution is -2.56. The van der Waals surface area contributed by atoms with Gasteiger partial charge in [-0.15, -0.1) is 0 Å². The summed E-state index contributed by atoms with van der Waals surface area (Å²) < 4.78 is 60.9. The summed E-state index contributed by atoms with van der Waals surface area (Å²) in [4.78, 5) is -0.0259. The van der Waals surface area contributed by atoms with Gasteiger partial charge in [-0.3, -0.25) is 0 Å². The fraction of sp³-hybridized carbons (Fsp3) is 0.400. The van der Waals surface area contributed by atoms with Crippen molar-refractivity contribution in [1.29, 1.82) is 0 Å². The van der Waals surface area contributed by atoms with Gasteiger partial charge < -0.3 is 9.84 Å². The summed E-state index contributed by atoms with van der Waals surface area (Å²) in [5.74, 6) is -3.22. The fourth-order valence-electron chi connectivity index (χ4n) is 4.63. The first kappa shape index (κ1) is 19.6. The predicted molar refractivity (Wildman–Crippen MR) is 100 cm³/mol. The first-order valence-corrected chi connectivity index (χ1v) is 10.9. The molecule has 1 N–H and O–H groups in total. The van der Waals surface area contributed by atoms with Crippen molar-refractivity contribution in [1.82, 2.24) is 0 Å². The Labute approximate surface area is 167 Å². The maximum atomic E-state index is 15.0. The highest BCUT2D eigenvalue weighted by Crippen LogP contribution is 2.57. The van der Waals surface area contributed by atoms with Gasteiger partial charge in [0.2, 0.25) is 0 Å². The molecule has 0 bridgehead atoms.